The first-order chi connectivity index (χ1) is 13.8. The van der Waals surface area contributed by atoms with Crippen molar-refractivity contribution in [1.29, 1.82) is 0 Å². The van der Waals surface area contributed by atoms with E-state index < -0.39 is 11.8 Å². The average Bonchev–Trinajstić information content (AvgIpc) is 3.23. The fourth-order valence-electron chi connectivity index (χ4n) is 4.01. The monoisotopic (exact) mass is 414 g/mol. The van der Waals surface area contributed by atoms with Gasteiger partial charge in [0.1, 0.15) is 5.82 Å². The predicted molar refractivity (Wildman–Crippen MR) is 113 cm³/mol. The van der Waals surface area contributed by atoms with Crippen LogP contribution in [0.2, 0.25) is 0 Å². The lowest BCUT2D eigenvalue weighted by molar-refractivity contribution is -0.151. The van der Waals surface area contributed by atoms with Crippen molar-refractivity contribution in [3.8, 4) is 5.69 Å². The van der Waals surface area contributed by atoms with E-state index in [-0.39, 0.29) is 12.2 Å². The van der Waals surface area contributed by atoms with Crippen LogP contribution < -0.4 is 5.32 Å². The lowest BCUT2D eigenvalue weighted by Crippen LogP contribution is -2.51. The Morgan fingerprint density at radius 2 is 1.90 bits per heavy atom. The summed E-state index contributed by atoms with van der Waals surface area (Å²) < 4.78 is 7.44. The van der Waals surface area contributed by atoms with E-state index in [0.29, 0.717) is 18.9 Å². The average molecular weight is 415 g/mol. The molecule has 1 aromatic heterocycles. The molecule has 1 fully saturated rings. The van der Waals surface area contributed by atoms with Crippen LogP contribution in [-0.4, -0.2) is 51.8 Å². The third-order valence-electron chi connectivity index (χ3n) is 5.27. The maximum atomic E-state index is 12.9. The number of morpholine rings is 1. The fourth-order valence-corrected chi connectivity index (χ4v) is 5.04. The third kappa shape index (κ3) is 3.91. The molecule has 154 valence electrons. The van der Waals surface area contributed by atoms with Crippen molar-refractivity contribution in [3.63, 3.8) is 0 Å². The van der Waals surface area contributed by atoms with E-state index in [9.17, 15) is 9.59 Å². The number of fused-ring (bicyclic) bond motifs is 1. The lowest BCUT2D eigenvalue weighted by atomic mass is 10.1. The van der Waals surface area contributed by atoms with E-state index in [1.165, 1.54) is 0 Å². The summed E-state index contributed by atoms with van der Waals surface area (Å²) in [4.78, 5) is 27.2. The Bertz CT molecular complexity index is 961. The van der Waals surface area contributed by atoms with Gasteiger partial charge < -0.3 is 15.0 Å². The molecule has 7 nitrogen and oxygen atoms in total. The number of anilines is 1. The molecule has 4 rings (SSSR count). The Hall–Kier alpha value is -2.32. The van der Waals surface area contributed by atoms with Crippen molar-refractivity contribution in [2.45, 2.75) is 51.4 Å². The first kappa shape index (κ1) is 20.0. The summed E-state index contributed by atoms with van der Waals surface area (Å²) in [5.41, 5.74) is 5.10. The summed E-state index contributed by atoms with van der Waals surface area (Å²) in [5.74, 6) is 1.03. The third-order valence-corrected chi connectivity index (χ3v) is 6.24. The van der Waals surface area contributed by atoms with Crippen LogP contribution in [0.5, 0.6) is 0 Å². The zero-order valence-electron chi connectivity index (χ0n) is 17.2. The molecule has 2 amide bonds. The number of hydrogen-bond donors (Lipinski definition) is 1. The van der Waals surface area contributed by atoms with Gasteiger partial charge >= 0.3 is 11.8 Å². The van der Waals surface area contributed by atoms with Gasteiger partial charge in [0, 0.05) is 30.2 Å². The highest BCUT2D eigenvalue weighted by Gasteiger charge is 2.32. The molecule has 1 saturated heterocycles. The summed E-state index contributed by atoms with van der Waals surface area (Å²) in [6.07, 6.45) is -0.172. The summed E-state index contributed by atoms with van der Waals surface area (Å²) >= 11 is 1.76. The van der Waals surface area contributed by atoms with E-state index in [2.05, 4.69) is 11.4 Å². The first-order valence-corrected chi connectivity index (χ1v) is 11.0. The number of nitrogens with one attached hydrogen (secondary N) is 1. The largest absolute Gasteiger partial charge is 0.372 e. The van der Waals surface area contributed by atoms with Crippen LogP contribution in [0.15, 0.2) is 18.2 Å². The molecule has 8 heteroatoms. The Morgan fingerprint density at radius 1 is 1.17 bits per heavy atom. The van der Waals surface area contributed by atoms with Crippen LogP contribution in [0.25, 0.3) is 5.69 Å². The minimum Gasteiger partial charge on any atom is -0.372 e. The molecule has 0 aliphatic carbocycles. The maximum absolute atomic E-state index is 12.9. The number of ether oxygens (including phenoxy) is 1. The number of aryl methyl sites for hydroxylation is 2. The molecule has 2 aliphatic heterocycles. The van der Waals surface area contributed by atoms with Crippen LogP contribution in [0.1, 0.15) is 36.2 Å². The highest BCUT2D eigenvalue weighted by Crippen LogP contribution is 2.36. The molecular formula is C21H26N4O3S. The summed E-state index contributed by atoms with van der Waals surface area (Å²) in [5, 5.41) is 7.61. The molecule has 2 aromatic rings. The first-order valence-electron chi connectivity index (χ1n) is 9.85. The molecule has 1 aromatic carbocycles. The van der Waals surface area contributed by atoms with Gasteiger partial charge in [-0.15, -0.1) is 0 Å². The van der Waals surface area contributed by atoms with E-state index in [1.807, 2.05) is 39.8 Å². The van der Waals surface area contributed by atoms with Crippen LogP contribution in [0.3, 0.4) is 0 Å². The molecule has 3 heterocycles. The second kappa shape index (κ2) is 7.84. The number of carbonyl (C=O) groups is 2. The van der Waals surface area contributed by atoms with Crippen molar-refractivity contribution in [3.05, 3.63) is 40.6 Å². The summed E-state index contributed by atoms with van der Waals surface area (Å²) in [6.45, 7) is 8.72. The van der Waals surface area contributed by atoms with Crippen molar-refractivity contribution >= 4 is 29.4 Å². The number of carbonyl (C=O) groups excluding carboxylic acids is 2. The van der Waals surface area contributed by atoms with Crippen molar-refractivity contribution < 1.29 is 14.3 Å². The fraction of sp³-hybridized carbons (Fsp3) is 0.476. The van der Waals surface area contributed by atoms with Gasteiger partial charge in [0.15, 0.2) is 0 Å². The normalized spacial score (nSPS) is 21.2. The van der Waals surface area contributed by atoms with Gasteiger partial charge in [0.25, 0.3) is 0 Å². The van der Waals surface area contributed by atoms with Gasteiger partial charge in [-0.2, -0.15) is 16.9 Å². The molecule has 2 aliphatic rings. The minimum absolute atomic E-state index is 0.0862. The maximum Gasteiger partial charge on any atom is 0.315 e. The SMILES string of the molecule is Cc1ccc(-n2nc3c(c2NC(=O)C(=O)N2C[C@@H](C)O[C@H](C)C2)CSC3)c(C)c1. The van der Waals surface area contributed by atoms with E-state index in [4.69, 9.17) is 9.84 Å². The molecule has 0 spiro atoms. The van der Waals surface area contributed by atoms with E-state index in [1.54, 1.807) is 21.3 Å². The predicted octanol–water partition coefficient (Wildman–Crippen LogP) is 2.81. The molecule has 29 heavy (non-hydrogen) atoms. The van der Waals surface area contributed by atoms with Crippen LogP contribution in [-0.2, 0) is 25.8 Å². The highest BCUT2D eigenvalue weighted by molar-refractivity contribution is 7.98. The van der Waals surface area contributed by atoms with Crippen molar-refractivity contribution in [2.75, 3.05) is 18.4 Å². The Morgan fingerprint density at radius 3 is 2.59 bits per heavy atom. The number of hydrogen-bond acceptors (Lipinski definition) is 5. The van der Waals surface area contributed by atoms with Gasteiger partial charge in [-0.05, 0) is 39.3 Å². The van der Waals surface area contributed by atoms with E-state index in [0.717, 1.165) is 39.6 Å². The Kier molecular flexibility index (Phi) is 5.40. The van der Waals surface area contributed by atoms with Crippen molar-refractivity contribution in [1.82, 2.24) is 14.7 Å². The van der Waals surface area contributed by atoms with Gasteiger partial charge in [-0.25, -0.2) is 4.68 Å². The highest BCUT2D eigenvalue weighted by atomic mass is 32.2. The van der Waals surface area contributed by atoms with Gasteiger partial charge in [0.2, 0.25) is 0 Å². The lowest BCUT2D eigenvalue weighted by Gasteiger charge is -2.34. The standard InChI is InChI=1S/C21H26N4O3S/c1-12-5-6-18(13(2)7-12)25-19(16-10-29-11-17(16)23-25)22-20(26)21(27)24-8-14(3)28-15(4)9-24/h5-7,14-15H,8-11H2,1-4H3,(H,22,26)/t14-,15-/m1/s1. The molecule has 0 bridgehead atoms. The molecule has 0 unspecified atom stereocenters. The van der Waals surface area contributed by atoms with Crippen LogP contribution in [0.4, 0.5) is 5.82 Å². The second-order valence-corrected chi connectivity index (χ2v) is 8.88. The molecular weight excluding hydrogens is 388 g/mol. The summed E-state index contributed by atoms with van der Waals surface area (Å²) in [6, 6.07) is 6.12. The summed E-state index contributed by atoms with van der Waals surface area (Å²) in [7, 11) is 0. The van der Waals surface area contributed by atoms with Crippen LogP contribution in [0, 0.1) is 13.8 Å². The molecule has 2 atom stereocenters. The molecule has 0 saturated carbocycles. The number of thioether (sulfide) groups is 1. The molecule has 1 N–H and O–H groups in total. The van der Waals surface area contributed by atoms with Gasteiger partial charge in [0.05, 0.1) is 23.6 Å². The molecule has 0 radical (unpaired) electrons. The topological polar surface area (TPSA) is 76.5 Å². The number of benzene rings is 1. The smallest absolute Gasteiger partial charge is 0.315 e. The zero-order valence-corrected chi connectivity index (χ0v) is 18.0. The Balaban J connectivity index is 1.63. The minimum atomic E-state index is -0.628. The van der Waals surface area contributed by atoms with Gasteiger partial charge in [-0.3, -0.25) is 9.59 Å². The van der Waals surface area contributed by atoms with Gasteiger partial charge in [-0.1, -0.05) is 17.7 Å². The number of aromatic nitrogens is 2. The second-order valence-electron chi connectivity index (χ2n) is 7.89. The number of amides is 2. The zero-order chi connectivity index (χ0) is 20.7. The Labute approximate surface area is 174 Å². The van der Waals surface area contributed by atoms with Crippen molar-refractivity contribution in [2.24, 2.45) is 0 Å². The van der Waals surface area contributed by atoms with Crippen LogP contribution >= 0.6 is 11.8 Å². The van der Waals surface area contributed by atoms with E-state index >= 15 is 0 Å². The number of rotatable bonds is 2. The number of nitrogens with zero attached hydrogens (tertiary/aromatic N) is 3. The quantitative estimate of drug-likeness (QED) is 0.765.